The molecule has 27 heavy (non-hydrogen) atoms. The van der Waals surface area contributed by atoms with Gasteiger partial charge in [-0.15, -0.1) is 0 Å². The fourth-order valence-electron chi connectivity index (χ4n) is 2.84. The number of hydrogen-bond donors (Lipinski definition) is 3. The third kappa shape index (κ3) is 4.35. The maximum absolute atomic E-state index is 12.5. The van der Waals surface area contributed by atoms with Crippen molar-refractivity contribution in [3.63, 3.8) is 0 Å². The first-order valence-electron chi connectivity index (χ1n) is 8.79. The van der Waals surface area contributed by atoms with Gasteiger partial charge in [-0.1, -0.05) is 18.2 Å². The molecule has 2 heterocycles. The maximum atomic E-state index is 12.5. The monoisotopic (exact) mass is 370 g/mol. The van der Waals surface area contributed by atoms with Crippen molar-refractivity contribution >= 4 is 22.8 Å². The lowest BCUT2D eigenvalue weighted by Gasteiger charge is -2.16. The molecule has 4 N–H and O–H groups in total. The SMILES string of the molecule is CCOC(=O)C(Cc1c[nH]c2ccccc12)NC(=O)c1coc(CCN)n1. The number of rotatable bonds is 8. The summed E-state index contributed by atoms with van der Waals surface area (Å²) in [5.41, 5.74) is 7.43. The molecule has 0 spiro atoms. The molecule has 0 aliphatic rings. The second-order valence-corrected chi connectivity index (χ2v) is 6.01. The highest BCUT2D eigenvalue weighted by Crippen LogP contribution is 2.19. The first kappa shape index (κ1) is 18.7. The van der Waals surface area contributed by atoms with Crippen molar-refractivity contribution in [2.75, 3.05) is 13.2 Å². The molecule has 0 fully saturated rings. The van der Waals surface area contributed by atoms with Gasteiger partial charge in [-0.2, -0.15) is 0 Å². The van der Waals surface area contributed by atoms with Crippen LogP contribution in [0.25, 0.3) is 10.9 Å². The topological polar surface area (TPSA) is 123 Å². The van der Waals surface area contributed by atoms with Gasteiger partial charge >= 0.3 is 5.97 Å². The molecule has 0 bridgehead atoms. The molecule has 8 nitrogen and oxygen atoms in total. The van der Waals surface area contributed by atoms with E-state index < -0.39 is 17.9 Å². The number of amides is 1. The molecule has 3 rings (SSSR count). The van der Waals surface area contributed by atoms with Crippen LogP contribution in [-0.4, -0.2) is 41.0 Å². The Labute approximate surface area is 156 Å². The number of nitrogens with one attached hydrogen (secondary N) is 2. The molecule has 0 aliphatic carbocycles. The molecule has 2 aromatic heterocycles. The highest BCUT2D eigenvalue weighted by molar-refractivity contribution is 5.95. The number of aromatic amines is 1. The summed E-state index contributed by atoms with van der Waals surface area (Å²) in [6, 6.07) is 6.92. The number of fused-ring (bicyclic) bond motifs is 1. The summed E-state index contributed by atoms with van der Waals surface area (Å²) in [6.45, 7) is 2.32. The summed E-state index contributed by atoms with van der Waals surface area (Å²) in [7, 11) is 0. The zero-order chi connectivity index (χ0) is 19.2. The second-order valence-electron chi connectivity index (χ2n) is 6.01. The number of ether oxygens (including phenoxy) is 1. The first-order chi connectivity index (χ1) is 13.1. The summed E-state index contributed by atoms with van der Waals surface area (Å²) in [5.74, 6) is -0.617. The zero-order valence-electron chi connectivity index (χ0n) is 15.0. The van der Waals surface area contributed by atoms with E-state index in [2.05, 4.69) is 15.3 Å². The predicted octanol–water partition coefficient (Wildman–Crippen LogP) is 1.56. The Bertz CT molecular complexity index is 931. The Hall–Kier alpha value is -3.13. The van der Waals surface area contributed by atoms with Crippen molar-refractivity contribution in [1.29, 1.82) is 0 Å². The number of nitrogens with two attached hydrogens (primary N) is 1. The average molecular weight is 370 g/mol. The number of oxazole rings is 1. The number of esters is 1. The maximum Gasteiger partial charge on any atom is 0.328 e. The first-order valence-corrected chi connectivity index (χ1v) is 8.79. The number of aromatic nitrogens is 2. The van der Waals surface area contributed by atoms with Crippen molar-refractivity contribution in [2.24, 2.45) is 5.73 Å². The number of carbonyl (C=O) groups excluding carboxylic acids is 2. The summed E-state index contributed by atoms with van der Waals surface area (Å²) >= 11 is 0. The minimum absolute atomic E-state index is 0.103. The standard InChI is InChI=1S/C19H22N4O4/c1-2-26-19(25)15(9-12-10-21-14-6-4-3-5-13(12)14)23-18(24)16-11-27-17(22-16)7-8-20/h3-6,10-11,15,21H,2,7-9,20H2,1H3,(H,23,24). The van der Waals surface area contributed by atoms with E-state index in [4.69, 9.17) is 14.9 Å². The molecule has 1 amide bonds. The number of carbonyl (C=O) groups is 2. The fraction of sp³-hybridized carbons (Fsp3) is 0.316. The Morgan fingerprint density at radius 2 is 2.19 bits per heavy atom. The van der Waals surface area contributed by atoms with Crippen LogP contribution in [0, 0.1) is 0 Å². The third-order valence-electron chi connectivity index (χ3n) is 4.12. The molecule has 142 valence electrons. The Morgan fingerprint density at radius 1 is 1.37 bits per heavy atom. The van der Waals surface area contributed by atoms with Crippen LogP contribution in [0.2, 0.25) is 0 Å². The van der Waals surface area contributed by atoms with Gasteiger partial charge in [0, 0.05) is 36.5 Å². The van der Waals surface area contributed by atoms with E-state index in [0.29, 0.717) is 25.3 Å². The molecule has 1 unspecified atom stereocenters. The summed E-state index contributed by atoms with van der Waals surface area (Å²) in [6.07, 6.45) is 3.82. The van der Waals surface area contributed by atoms with E-state index >= 15 is 0 Å². The van der Waals surface area contributed by atoms with Gasteiger partial charge in [0.15, 0.2) is 11.6 Å². The van der Waals surface area contributed by atoms with Crippen LogP contribution in [0.5, 0.6) is 0 Å². The lowest BCUT2D eigenvalue weighted by Crippen LogP contribution is -2.43. The van der Waals surface area contributed by atoms with Crippen LogP contribution in [0.3, 0.4) is 0 Å². The van der Waals surface area contributed by atoms with Crippen molar-refractivity contribution in [3.8, 4) is 0 Å². The molecule has 0 aliphatic heterocycles. The van der Waals surface area contributed by atoms with E-state index in [-0.39, 0.29) is 12.3 Å². The normalized spacial score (nSPS) is 12.1. The van der Waals surface area contributed by atoms with Crippen LogP contribution >= 0.6 is 0 Å². The molecule has 1 aromatic carbocycles. The third-order valence-corrected chi connectivity index (χ3v) is 4.12. The minimum Gasteiger partial charge on any atom is -0.464 e. The highest BCUT2D eigenvalue weighted by Gasteiger charge is 2.25. The smallest absolute Gasteiger partial charge is 0.328 e. The largest absolute Gasteiger partial charge is 0.464 e. The van der Waals surface area contributed by atoms with Crippen molar-refractivity contribution in [2.45, 2.75) is 25.8 Å². The van der Waals surface area contributed by atoms with Gasteiger partial charge in [-0.3, -0.25) is 4.79 Å². The van der Waals surface area contributed by atoms with E-state index in [0.717, 1.165) is 16.5 Å². The predicted molar refractivity (Wildman–Crippen MR) is 99.2 cm³/mol. The van der Waals surface area contributed by atoms with E-state index in [9.17, 15) is 9.59 Å². The molecular formula is C19H22N4O4. The van der Waals surface area contributed by atoms with E-state index in [1.165, 1.54) is 6.26 Å². The number of nitrogens with zero attached hydrogens (tertiary/aromatic N) is 1. The lowest BCUT2D eigenvalue weighted by molar-refractivity contribution is -0.145. The number of benzene rings is 1. The molecule has 0 saturated heterocycles. The van der Waals surface area contributed by atoms with Crippen LogP contribution < -0.4 is 11.1 Å². The summed E-state index contributed by atoms with van der Waals surface area (Å²) in [4.78, 5) is 32.1. The van der Waals surface area contributed by atoms with Gasteiger partial charge in [-0.25, -0.2) is 9.78 Å². The second kappa shape index (κ2) is 8.50. The Balaban J connectivity index is 1.78. The summed E-state index contributed by atoms with van der Waals surface area (Å²) in [5, 5.41) is 3.69. The van der Waals surface area contributed by atoms with Crippen LogP contribution in [-0.2, 0) is 22.4 Å². The van der Waals surface area contributed by atoms with Gasteiger partial charge in [0.25, 0.3) is 5.91 Å². The van der Waals surface area contributed by atoms with Gasteiger partial charge in [0.05, 0.1) is 6.61 Å². The quantitative estimate of drug-likeness (QED) is 0.517. The number of para-hydroxylation sites is 1. The molecule has 0 radical (unpaired) electrons. The van der Waals surface area contributed by atoms with Crippen molar-refractivity contribution in [1.82, 2.24) is 15.3 Å². The minimum atomic E-state index is -0.841. The zero-order valence-corrected chi connectivity index (χ0v) is 15.0. The summed E-state index contributed by atoms with van der Waals surface area (Å²) < 4.78 is 10.3. The molecule has 3 aromatic rings. The lowest BCUT2D eigenvalue weighted by atomic mass is 10.0. The Kier molecular flexibility index (Phi) is 5.87. The molecule has 8 heteroatoms. The Morgan fingerprint density at radius 3 is 2.96 bits per heavy atom. The van der Waals surface area contributed by atoms with Gasteiger partial charge in [0.1, 0.15) is 12.3 Å². The van der Waals surface area contributed by atoms with Crippen LogP contribution in [0.1, 0.15) is 28.9 Å². The van der Waals surface area contributed by atoms with Crippen molar-refractivity contribution in [3.05, 3.63) is 53.9 Å². The van der Waals surface area contributed by atoms with E-state index in [1.54, 1.807) is 6.92 Å². The van der Waals surface area contributed by atoms with Crippen LogP contribution in [0.15, 0.2) is 41.1 Å². The van der Waals surface area contributed by atoms with Gasteiger partial charge in [-0.05, 0) is 18.6 Å². The van der Waals surface area contributed by atoms with Gasteiger partial charge < -0.3 is 25.2 Å². The van der Waals surface area contributed by atoms with Gasteiger partial charge in [0.2, 0.25) is 0 Å². The molecule has 0 saturated carbocycles. The van der Waals surface area contributed by atoms with Crippen molar-refractivity contribution < 1.29 is 18.7 Å². The highest BCUT2D eigenvalue weighted by atomic mass is 16.5. The fourth-order valence-corrected chi connectivity index (χ4v) is 2.84. The number of hydrogen-bond acceptors (Lipinski definition) is 6. The number of H-pyrrole nitrogens is 1. The molecular weight excluding hydrogens is 348 g/mol. The van der Waals surface area contributed by atoms with E-state index in [1.807, 2.05) is 30.5 Å². The molecule has 1 atom stereocenters. The average Bonchev–Trinajstić information content (AvgIpc) is 3.29. The van der Waals surface area contributed by atoms with Crippen LogP contribution in [0.4, 0.5) is 0 Å².